The zero-order valence-corrected chi connectivity index (χ0v) is 17.6. The Bertz CT molecular complexity index is 1070. The second-order valence-corrected chi connectivity index (χ2v) is 6.85. The maximum Gasteiger partial charge on any atom is 0.340 e. The van der Waals surface area contributed by atoms with Crippen LogP contribution >= 0.6 is 15.9 Å². The first-order chi connectivity index (χ1) is 14.4. The lowest BCUT2D eigenvalue weighted by Gasteiger charge is -2.15. The molecule has 0 aliphatic rings. The molecule has 0 saturated carbocycles. The summed E-state index contributed by atoms with van der Waals surface area (Å²) in [4.78, 5) is 25.2. The highest BCUT2D eigenvalue weighted by Gasteiger charge is 2.21. The van der Waals surface area contributed by atoms with Crippen LogP contribution in [0.1, 0.15) is 26.5 Å². The summed E-state index contributed by atoms with van der Waals surface area (Å²) >= 11 is 3.23. The molecule has 0 fully saturated rings. The van der Waals surface area contributed by atoms with Crippen molar-refractivity contribution in [2.45, 2.75) is 6.61 Å². The maximum atomic E-state index is 13.2. The van der Waals surface area contributed by atoms with Crippen molar-refractivity contribution >= 4 is 33.5 Å². The lowest BCUT2D eigenvalue weighted by molar-refractivity contribution is 0.0472. The van der Waals surface area contributed by atoms with Gasteiger partial charge in [0.25, 0.3) is 5.91 Å². The summed E-state index contributed by atoms with van der Waals surface area (Å²) < 4.78 is 34.6. The molecule has 1 amide bonds. The summed E-state index contributed by atoms with van der Waals surface area (Å²) in [6, 6.07) is 9.94. The monoisotopic (exact) mass is 477 g/mol. The van der Waals surface area contributed by atoms with E-state index in [9.17, 15) is 14.0 Å². The van der Waals surface area contributed by atoms with Crippen LogP contribution in [0.15, 0.2) is 57.6 Å². The second-order valence-electron chi connectivity index (χ2n) is 6.00. The number of furan rings is 1. The molecule has 0 atom stereocenters. The minimum Gasteiger partial charge on any atom is -0.493 e. The molecule has 30 heavy (non-hydrogen) atoms. The molecule has 0 spiro atoms. The molecule has 0 radical (unpaired) electrons. The Morgan fingerprint density at radius 1 is 1.10 bits per heavy atom. The topological polar surface area (TPSA) is 87.0 Å². The predicted molar refractivity (Wildman–Crippen MR) is 109 cm³/mol. The molecule has 0 aliphatic heterocycles. The standard InChI is InChI=1S/C21H17BrFNO6/c1-27-18-9-14(21(26)30-11-12-5-6-13(23)8-15(12)22)16(10-19(18)28-2)24-20(25)17-4-3-7-29-17/h3-10H,11H2,1-2H3,(H,24,25). The number of amides is 1. The number of anilines is 1. The van der Waals surface area contributed by atoms with Gasteiger partial charge >= 0.3 is 5.97 Å². The van der Waals surface area contributed by atoms with Gasteiger partial charge in [-0.2, -0.15) is 0 Å². The van der Waals surface area contributed by atoms with Crippen LogP contribution in [-0.4, -0.2) is 26.1 Å². The number of nitrogens with one attached hydrogen (secondary N) is 1. The fourth-order valence-corrected chi connectivity index (χ4v) is 3.07. The quantitative estimate of drug-likeness (QED) is 0.491. The summed E-state index contributed by atoms with van der Waals surface area (Å²) in [6.07, 6.45) is 1.36. The van der Waals surface area contributed by atoms with Crippen LogP contribution < -0.4 is 14.8 Å². The Morgan fingerprint density at radius 2 is 1.83 bits per heavy atom. The van der Waals surface area contributed by atoms with Gasteiger partial charge in [-0.15, -0.1) is 0 Å². The average Bonchev–Trinajstić information content (AvgIpc) is 3.27. The number of halogens is 2. The van der Waals surface area contributed by atoms with Crippen LogP contribution in [0.2, 0.25) is 0 Å². The van der Waals surface area contributed by atoms with Crippen molar-refractivity contribution < 1.29 is 32.6 Å². The zero-order valence-electron chi connectivity index (χ0n) is 16.0. The van der Waals surface area contributed by atoms with E-state index in [2.05, 4.69) is 21.2 Å². The van der Waals surface area contributed by atoms with Crippen LogP contribution in [0.3, 0.4) is 0 Å². The molecular weight excluding hydrogens is 461 g/mol. The van der Waals surface area contributed by atoms with Crippen LogP contribution in [0.25, 0.3) is 0 Å². The van der Waals surface area contributed by atoms with Gasteiger partial charge in [-0.1, -0.05) is 22.0 Å². The van der Waals surface area contributed by atoms with Crippen LogP contribution in [-0.2, 0) is 11.3 Å². The molecule has 1 aromatic heterocycles. The van der Waals surface area contributed by atoms with Crippen molar-refractivity contribution in [2.24, 2.45) is 0 Å². The van der Waals surface area contributed by atoms with Crippen LogP contribution in [0, 0.1) is 5.82 Å². The molecule has 0 aliphatic carbocycles. The maximum absolute atomic E-state index is 13.2. The van der Waals surface area contributed by atoms with Crippen molar-refractivity contribution in [2.75, 3.05) is 19.5 Å². The first-order valence-corrected chi connectivity index (χ1v) is 9.44. The fourth-order valence-electron chi connectivity index (χ4n) is 2.60. The minimum atomic E-state index is -0.720. The molecule has 0 bridgehead atoms. The number of benzene rings is 2. The Hall–Kier alpha value is -3.33. The minimum absolute atomic E-state index is 0.0470. The van der Waals surface area contributed by atoms with Gasteiger partial charge in [0.1, 0.15) is 12.4 Å². The normalized spacial score (nSPS) is 10.4. The Labute approximate surface area is 179 Å². The molecule has 1 heterocycles. The van der Waals surface area contributed by atoms with Crippen molar-refractivity contribution in [3.63, 3.8) is 0 Å². The Kier molecular flexibility index (Phi) is 6.73. The van der Waals surface area contributed by atoms with E-state index in [0.717, 1.165) is 0 Å². The number of methoxy groups -OCH3 is 2. The number of hydrogen-bond acceptors (Lipinski definition) is 6. The lowest BCUT2D eigenvalue weighted by atomic mass is 10.1. The average molecular weight is 478 g/mol. The van der Waals surface area contributed by atoms with E-state index in [1.807, 2.05) is 0 Å². The third-order valence-corrected chi connectivity index (χ3v) is 4.85. The number of carbonyl (C=O) groups is 2. The van der Waals surface area contributed by atoms with E-state index in [0.29, 0.717) is 15.8 Å². The number of ether oxygens (including phenoxy) is 3. The number of carbonyl (C=O) groups excluding carboxylic acids is 2. The summed E-state index contributed by atoms with van der Waals surface area (Å²) in [5.74, 6) is -1.03. The van der Waals surface area contributed by atoms with Crippen molar-refractivity contribution in [1.29, 1.82) is 0 Å². The van der Waals surface area contributed by atoms with Gasteiger partial charge in [0.15, 0.2) is 17.3 Å². The highest BCUT2D eigenvalue weighted by molar-refractivity contribution is 9.10. The first kappa shape index (κ1) is 21.4. The van der Waals surface area contributed by atoms with Gasteiger partial charge in [0.2, 0.25) is 0 Å². The summed E-state index contributed by atoms with van der Waals surface area (Å²) in [7, 11) is 2.85. The summed E-state index contributed by atoms with van der Waals surface area (Å²) in [6.45, 7) is -0.111. The molecule has 9 heteroatoms. The van der Waals surface area contributed by atoms with Gasteiger partial charge in [-0.3, -0.25) is 4.79 Å². The highest BCUT2D eigenvalue weighted by Crippen LogP contribution is 2.34. The Balaban J connectivity index is 1.88. The van der Waals surface area contributed by atoms with Gasteiger partial charge in [-0.05, 0) is 24.3 Å². The van der Waals surface area contributed by atoms with E-state index >= 15 is 0 Å². The highest BCUT2D eigenvalue weighted by atomic mass is 79.9. The van der Waals surface area contributed by atoms with Crippen molar-refractivity contribution in [3.8, 4) is 11.5 Å². The molecule has 2 aromatic carbocycles. The van der Waals surface area contributed by atoms with E-state index in [-0.39, 0.29) is 29.4 Å². The SMILES string of the molecule is COc1cc(NC(=O)c2ccco2)c(C(=O)OCc2ccc(F)cc2Br)cc1OC. The molecule has 0 unspecified atom stereocenters. The van der Waals surface area contributed by atoms with E-state index < -0.39 is 17.7 Å². The molecule has 0 saturated heterocycles. The van der Waals surface area contributed by atoms with Crippen molar-refractivity contribution in [3.05, 3.63) is 75.9 Å². The van der Waals surface area contributed by atoms with Gasteiger partial charge < -0.3 is 23.9 Å². The smallest absolute Gasteiger partial charge is 0.340 e. The molecule has 156 valence electrons. The zero-order chi connectivity index (χ0) is 21.7. The molecule has 1 N–H and O–H groups in total. The fraction of sp³-hybridized carbons (Fsp3) is 0.143. The first-order valence-electron chi connectivity index (χ1n) is 8.65. The molecule has 3 rings (SSSR count). The van der Waals surface area contributed by atoms with E-state index in [1.54, 1.807) is 6.07 Å². The third-order valence-electron chi connectivity index (χ3n) is 4.11. The van der Waals surface area contributed by atoms with E-state index in [1.165, 1.54) is 56.9 Å². The Morgan fingerprint density at radius 3 is 2.47 bits per heavy atom. The number of esters is 1. The lowest BCUT2D eigenvalue weighted by Crippen LogP contribution is -2.16. The summed E-state index contributed by atoms with van der Waals surface area (Å²) in [5, 5.41) is 2.61. The molecule has 7 nitrogen and oxygen atoms in total. The number of hydrogen-bond donors (Lipinski definition) is 1. The van der Waals surface area contributed by atoms with Crippen LogP contribution in [0.4, 0.5) is 10.1 Å². The largest absolute Gasteiger partial charge is 0.493 e. The van der Waals surface area contributed by atoms with Gasteiger partial charge in [-0.25, -0.2) is 9.18 Å². The molecular formula is C21H17BrFNO6. The third kappa shape index (κ3) is 4.80. The van der Waals surface area contributed by atoms with Gasteiger partial charge in [0, 0.05) is 22.2 Å². The van der Waals surface area contributed by atoms with Crippen molar-refractivity contribution in [1.82, 2.24) is 0 Å². The predicted octanol–water partition coefficient (Wildman–Crippen LogP) is 4.81. The van der Waals surface area contributed by atoms with Crippen LogP contribution in [0.5, 0.6) is 11.5 Å². The number of rotatable bonds is 7. The van der Waals surface area contributed by atoms with Gasteiger partial charge in [0.05, 0.1) is 31.7 Å². The van der Waals surface area contributed by atoms with E-state index in [4.69, 9.17) is 18.6 Å². The second kappa shape index (κ2) is 9.45. The molecule has 3 aromatic rings. The summed E-state index contributed by atoms with van der Waals surface area (Å²) in [5.41, 5.74) is 0.773.